The van der Waals surface area contributed by atoms with Gasteiger partial charge in [0.2, 0.25) is 11.8 Å². The van der Waals surface area contributed by atoms with Gasteiger partial charge in [0.15, 0.2) is 0 Å². The monoisotopic (exact) mass is 370 g/mol. The van der Waals surface area contributed by atoms with E-state index in [1.165, 1.54) is 12.1 Å². The van der Waals surface area contributed by atoms with Crippen molar-refractivity contribution in [2.24, 2.45) is 0 Å². The molecule has 0 aliphatic rings. The first-order valence-corrected chi connectivity index (χ1v) is 9.12. The fourth-order valence-corrected chi connectivity index (χ4v) is 2.88. The highest BCUT2D eigenvalue weighted by Gasteiger charge is 2.12. The summed E-state index contributed by atoms with van der Waals surface area (Å²) in [7, 11) is 0. The van der Waals surface area contributed by atoms with E-state index in [0.29, 0.717) is 29.7 Å². The summed E-state index contributed by atoms with van der Waals surface area (Å²) in [5.74, 6) is 1.37. The Morgan fingerprint density at radius 2 is 1.88 bits per heavy atom. The molecule has 0 aliphatic carbocycles. The van der Waals surface area contributed by atoms with Gasteiger partial charge in [-0.25, -0.2) is 4.79 Å². The molecule has 1 N–H and O–H groups in total. The van der Waals surface area contributed by atoms with Gasteiger partial charge in [-0.2, -0.15) is 0 Å². The predicted octanol–water partition coefficient (Wildman–Crippen LogP) is 4.14. The summed E-state index contributed by atoms with van der Waals surface area (Å²) >= 11 is 1.66. The maximum absolute atomic E-state index is 10.9. The average Bonchev–Trinajstić information content (AvgIpc) is 3.14. The molecule has 0 aliphatic heterocycles. The largest absolute Gasteiger partial charge is 0.492 e. The molecular formula is C19H18N2O4S. The lowest BCUT2D eigenvalue weighted by molar-refractivity contribution is 0.0697. The topological polar surface area (TPSA) is 85.5 Å². The molecule has 0 fully saturated rings. The highest BCUT2D eigenvalue weighted by Crippen LogP contribution is 2.22. The van der Waals surface area contributed by atoms with Crippen molar-refractivity contribution >= 4 is 17.7 Å². The second-order valence-corrected chi connectivity index (χ2v) is 7.06. The summed E-state index contributed by atoms with van der Waals surface area (Å²) < 4.78 is 11.4. The van der Waals surface area contributed by atoms with Crippen molar-refractivity contribution in [3.05, 3.63) is 66.1 Å². The first-order valence-electron chi connectivity index (χ1n) is 8.07. The number of benzene rings is 2. The maximum atomic E-state index is 10.9. The van der Waals surface area contributed by atoms with Crippen LogP contribution in [-0.2, 0) is 5.75 Å². The molecule has 3 rings (SSSR count). The van der Waals surface area contributed by atoms with E-state index in [4.69, 9.17) is 14.3 Å². The van der Waals surface area contributed by atoms with Crippen molar-refractivity contribution in [1.82, 2.24) is 10.2 Å². The van der Waals surface area contributed by atoms with Gasteiger partial charge < -0.3 is 14.3 Å². The van der Waals surface area contributed by atoms with Gasteiger partial charge in [0.25, 0.3) is 0 Å². The molecule has 0 amide bonds. The van der Waals surface area contributed by atoms with Crippen LogP contribution in [0.5, 0.6) is 5.75 Å². The summed E-state index contributed by atoms with van der Waals surface area (Å²) in [6, 6.07) is 16.0. The lowest BCUT2D eigenvalue weighted by Crippen LogP contribution is -2.10. The van der Waals surface area contributed by atoms with E-state index < -0.39 is 5.97 Å². The van der Waals surface area contributed by atoms with E-state index in [9.17, 15) is 4.79 Å². The SMILES string of the molecule is CC(COc1ccccc1)SCc1nnc(-c2ccc(C(=O)O)cc2)o1. The summed E-state index contributed by atoms with van der Waals surface area (Å²) in [5.41, 5.74) is 0.912. The van der Waals surface area contributed by atoms with Gasteiger partial charge in [0, 0.05) is 10.8 Å². The summed E-state index contributed by atoms with van der Waals surface area (Å²) in [4.78, 5) is 10.9. The molecule has 0 spiro atoms. The molecule has 0 radical (unpaired) electrons. The lowest BCUT2D eigenvalue weighted by Gasteiger charge is -2.11. The maximum Gasteiger partial charge on any atom is 0.335 e. The van der Waals surface area contributed by atoms with Gasteiger partial charge in [-0.3, -0.25) is 0 Å². The number of carboxylic acids is 1. The molecule has 1 aromatic heterocycles. The summed E-state index contributed by atoms with van der Waals surface area (Å²) in [6.45, 7) is 2.67. The van der Waals surface area contributed by atoms with Crippen molar-refractivity contribution in [3.8, 4) is 17.2 Å². The Labute approximate surface area is 155 Å². The Bertz CT molecular complexity index is 849. The Hall–Kier alpha value is -2.80. The second-order valence-electron chi connectivity index (χ2n) is 5.63. The highest BCUT2D eigenvalue weighted by atomic mass is 32.2. The second kappa shape index (κ2) is 8.53. The lowest BCUT2D eigenvalue weighted by atomic mass is 10.1. The first kappa shape index (κ1) is 18.0. The van der Waals surface area contributed by atoms with E-state index in [0.717, 1.165) is 5.75 Å². The van der Waals surface area contributed by atoms with Crippen LogP contribution in [0.1, 0.15) is 23.2 Å². The van der Waals surface area contributed by atoms with Crippen LogP contribution >= 0.6 is 11.8 Å². The van der Waals surface area contributed by atoms with Crippen LogP contribution in [0.2, 0.25) is 0 Å². The Kier molecular flexibility index (Phi) is 5.91. The van der Waals surface area contributed by atoms with E-state index in [1.54, 1.807) is 23.9 Å². The molecule has 26 heavy (non-hydrogen) atoms. The number of carbonyl (C=O) groups is 1. The van der Waals surface area contributed by atoms with Gasteiger partial charge in [0.05, 0.1) is 17.9 Å². The van der Waals surface area contributed by atoms with Gasteiger partial charge in [-0.1, -0.05) is 18.2 Å². The summed E-state index contributed by atoms with van der Waals surface area (Å²) in [6.07, 6.45) is 0. The minimum absolute atomic E-state index is 0.219. The number of thioether (sulfide) groups is 1. The number of hydrogen-bond acceptors (Lipinski definition) is 6. The number of nitrogens with zero attached hydrogens (tertiary/aromatic N) is 2. The molecule has 1 unspecified atom stereocenters. The Balaban J connectivity index is 1.51. The van der Waals surface area contributed by atoms with Crippen LogP contribution in [0.25, 0.3) is 11.5 Å². The highest BCUT2D eigenvalue weighted by molar-refractivity contribution is 7.99. The molecular weight excluding hydrogens is 352 g/mol. The van der Waals surface area contributed by atoms with Crippen molar-refractivity contribution < 1.29 is 19.1 Å². The van der Waals surface area contributed by atoms with Crippen LogP contribution in [-0.4, -0.2) is 33.1 Å². The molecule has 0 saturated carbocycles. The third-order valence-corrected chi connectivity index (χ3v) is 4.68. The molecule has 7 heteroatoms. The molecule has 3 aromatic rings. The molecule has 134 valence electrons. The zero-order chi connectivity index (χ0) is 18.4. The zero-order valence-electron chi connectivity index (χ0n) is 14.2. The van der Waals surface area contributed by atoms with Gasteiger partial charge in [-0.05, 0) is 43.3 Å². The number of rotatable bonds is 8. The predicted molar refractivity (Wildman–Crippen MR) is 99.4 cm³/mol. The normalized spacial score (nSPS) is 11.9. The molecule has 1 heterocycles. The third-order valence-electron chi connectivity index (χ3n) is 3.56. The molecule has 0 saturated heterocycles. The molecule has 1 atom stereocenters. The van der Waals surface area contributed by atoms with Crippen LogP contribution < -0.4 is 4.74 Å². The number of ether oxygens (including phenoxy) is 1. The zero-order valence-corrected chi connectivity index (χ0v) is 15.0. The van der Waals surface area contributed by atoms with Crippen LogP contribution in [0.4, 0.5) is 0 Å². The van der Waals surface area contributed by atoms with Crippen LogP contribution in [0.15, 0.2) is 59.0 Å². The van der Waals surface area contributed by atoms with E-state index >= 15 is 0 Å². The Morgan fingerprint density at radius 1 is 1.15 bits per heavy atom. The van der Waals surface area contributed by atoms with Crippen molar-refractivity contribution in [3.63, 3.8) is 0 Å². The number of para-hydroxylation sites is 1. The number of aromatic carboxylic acids is 1. The average molecular weight is 370 g/mol. The first-order chi connectivity index (χ1) is 12.6. The van der Waals surface area contributed by atoms with Gasteiger partial charge >= 0.3 is 5.97 Å². The van der Waals surface area contributed by atoms with Crippen molar-refractivity contribution in [2.45, 2.75) is 17.9 Å². The number of hydrogen-bond donors (Lipinski definition) is 1. The van der Waals surface area contributed by atoms with Crippen molar-refractivity contribution in [2.75, 3.05) is 6.61 Å². The third kappa shape index (κ3) is 4.86. The minimum atomic E-state index is -0.967. The van der Waals surface area contributed by atoms with Crippen LogP contribution in [0.3, 0.4) is 0 Å². The van der Waals surface area contributed by atoms with Gasteiger partial charge in [0.1, 0.15) is 5.75 Å². The van der Waals surface area contributed by atoms with E-state index in [2.05, 4.69) is 17.1 Å². The molecule has 0 bridgehead atoms. The quantitative estimate of drug-likeness (QED) is 0.638. The van der Waals surface area contributed by atoms with E-state index in [1.807, 2.05) is 30.3 Å². The summed E-state index contributed by atoms with van der Waals surface area (Å²) in [5, 5.41) is 17.3. The fraction of sp³-hybridized carbons (Fsp3) is 0.211. The van der Waals surface area contributed by atoms with Crippen molar-refractivity contribution in [1.29, 1.82) is 0 Å². The molecule has 2 aromatic carbocycles. The molecule has 6 nitrogen and oxygen atoms in total. The van der Waals surface area contributed by atoms with Gasteiger partial charge in [-0.15, -0.1) is 22.0 Å². The Morgan fingerprint density at radius 3 is 2.58 bits per heavy atom. The number of aromatic nitrogens is 2. The smallest absolute Gasteiger partial charge is 0.335 e. The standard InChI is InChI=1S/C19H18N2O4S/c1-13(11-24-16-5-3-2-4-6-16)26-12-17-20-21-18(25-17)14-7-9-15(10-8-14)19(22)23/h2-10,13H,11-12H2,1H3,(H,22,23). The fourth-order valence-electron chi connectivity index (χ4n) is 2.18. The number of carboxylic acid groups (broad SMARTS) is 1. The van der Waals surface area contributed by atoms with Crippen LogP contribution in [0, 0.1) is 0 Å². The minimum Gasteiger partial charge on any atom is -0.492 e. The van der Waals surface area contributed by atoms with E-state index in [-0.39, 0.29) is 10.8 Å².